The van der Waals surface area contributed by atoms with E-state index >= 15 is 0 Å². The van der Waals surface area contributed by atoms with E-state index in [1.165, 1.54) is 36.5 Å². The van der Waals surface area contributed by atoms with Gasteiger partial charge in [0.05, 0.1) is 4.34 Å². The number of hydrogen-bond acceptors (Lipinski definition) is 3. The first kappa shape index (κ1) is 14.7. The van der Waals surface area contributed by atoms with Gasteiger partial charge in [-0.15, -0.1) is 22.7 Å². The fraction of sp³-hybridized carbons (Fsp3) is 0.100. The molecule has 0 bridgehead atoms. The Balaban J connectivity index is 1.87. The molecule has 5 rings (SSSR count). The molecule has 0 atom stereocenters. The average Bonchev–Trinajstić information content (AvgIpc) is 3.23. The molecule has 4 heteroatoms. The molecule has 4 aromatic rings. The van der Waals surface area contributed by atoms with Gasteiger partial charge in [0.15, 0.2) is 5.60 Å². The summed E-state index contributed by atoms with van der Waals surface area (Å²) in [4.78, 5) is 1.21. The Bertz CT molecular complexity index is 999. The van der Waals surface area contributed by atoms with Crippen molar-refractivity contribution in [1.82, 2.24) is 0 Å². The summed E-state index contributed by atoms with van der Waals surface area (Å²) in [6.45, 7) is 0. The van der Waals surface area contributed by atoms with Gasteiger partial charge >= 0.3 is 0 Å². The van der Waals surface area contributed by atoms with Crippen LogP contribution in [0.15, 0.2) is 60.7 Å². The van der Waals surface area contributed by atoms with Crippen molar-refractivity contribution in [3.8, 4) is 11.1 Å². The molecule has 2 heterocycles. The molecule has 0 unspecified atom stereocenters. The molecule has 1 aliphatic rings. The molecule has 0 spiro atoms. The van der Waals surface area contributed by atoms with Gasteiger partial charge in [-0.3, -0.25) is 0 Å². The standard InChI is InChI=1S/C20H13ClOS2/c1-22-20(18-10-16-17(23-18)11-19(21)24-16)14-8-4-2-6-12(14)13-7-3-5-9-15(13)20/h2-11H,1H3. The highest BCUT2D eigenvalue weighted by Gasteiger charge is 2.46. The van der Waals surface area contributed by atoms with Crippen molar-refractivity contribution >= 4 is 43.7 Å². The number of thiophene rings is 2. The SMILES string of the molecule is COC1(c2cc3sc(Cl)cc3s2)c2ccccc2-c2ccccc21. The van der Waals surface area contributed by atoms with E-state index in [0.29, 0.717) is 0 Å². The lowest BCUT2D eigenvalue weighted by molar-refractivity contribution is 0.0656. The molecule has 1 aliphatic carbocycles. The van der Waals surface area contributed by atoms with E-state index in [4.69, 9.17) is 16.3 Å². The van der Waals surface area contributed by atoms with Gasteiger partial charge in [0.1, 0.15) is 0 Å². The summed E-state index contributed by atoms with van der Waals surface area (Å²) in [5.74, 6) is 0. The van der Waals surface area contributed by atoms with Gasteiger partial charge in [-0.05, 0) is 23.3 Å². The molecule has 0 fully saturated rings. The van der Waals surface area contributed by atoms with Crippen molar-refractivity contribution < 1.29 is 4.74 Å². The third kappa shape index (κ3) is 1.78. The van der Waals surface area contributed by atoms with E-state index < -0.39 is 5.60 Å². The Morgan fingerprint density at radius 3 is 2.00 bits per heavy atom. The van der Waals surface area contributed by atoms with Crippen LogP contribution in [0.5, 0.6) is 0 Å². The lowest BCUT2D eigenvalue weighted by Crippen LogP contribution is -2.27. The van der Waals surface area contributed by atoms with Crippen LogP contribution in [0.4, 0.5) is 0 Å². The quantitative estimate of drug-likeness (QED) is 0.390. The maximum atomic E-state index is 6.25. The van der Waals surface area contributed by atoms with E-state index in [2.05, 4.69) is 54.6 Å². The highest BCUT2D eigenvalue weighted by atomic mass is 35.5. The lowest BCUT2D eigenvalue weighted by atomic mass is 9.89. The Hall–Kier alpha value is -1.65. The molecule has 24 heavy (non-hydrogen) atoms. The van der Waals surface area contributed by atoms with Crippen LogP contribution >= 0.6 is 34.3 Å². The molecule has 0 radical (unpaired) electrons. The second-order valence-electron chi connectivity index (χ2n) is 5.87. The Morgan fingerprint density at radius 2 is 1.42 bits per heavy atom. The van der Waals surface area contributed by atoms with E-state index in [0.717, 1.165) is 4.34 Å². The number of benzene rings is 2. The van der Waals surface area contributed by atoms with Crippen molar-refractivity contribution in [2.24, 2.45) is 0 Å². The molecule has 0 aliphatic heterocycles. The Labute approximate surface area is 153 Å². The molecule has 2 aromatic carbocycles. The van der Waals surface area contributed by atoms with Gasteiger partial charge in [0, 0.05) is 32.5 Å². The van der Waals surface area contributed by atoms with Crippen LogP contribution in [-0.2, 0) is 10.3 Å². The predicted molar refractivity (Wildman–Crippen MR) is 103 cm³/mol. The fourth-order valence-electron chi connectivity index (χ4n) is 3.76. The van der Waals surface area contributed by atoms with Crippen LogP contribution in [0.1, 0.15) is 16.0 Å². The van der Waals surface area contributed by atoms with Crippen molar-refractivity contribution in [1.29, 1.82) is 0 Å². The summed E-state index contributed by atoms with van der Waals surface area (Å²) in [7, 11) is 1.81. The fourth-order valence-corrected chi connectivity index (χ4v) is 6.50. The van der Waals surface area contributed by atoms with E-state index in [1.54, 1.807) is 29.8 Å². The smallest absolute Gasteiger partial charge is 0.153 e. The largest absolute Gasteiger partial charge is 0.363 e. The second-order valence-corrected chi connectivity index (χ2v) is 8.67. The first-order chi connectivity index (χ1) is 11.7. The minimum absolute atomic E-state index is 0.539. The second kappa shape index (κ2) is 5.17. The van der Waals surface area contributed by atoms with E-state index in [9.17, 15) is 0 Å². The lowest BCUT2D eigenvalue weighted by Gasteiger charge is -2.29. The topological polar surface area (TPSA) is 9.23 Å². The summed E-state index contributed by atoms with van der Waals surface area (Å²) >= 11 is 9.55. The molecule has 0 saturated carbocycles. The van der Waals surface area contributed by atoms with Gasteiger partial charge in [-0.2, -0.15) is 0 Å². The summed E-state index contributed by atoms with van der Waals surface area (Å²) in [6.07, 6.45) is 0. The molecule has 0 N–H and O–H groups in total. The van der Waals surface area contributed by atoms with E-state index in [1.807, 2.05) is 6.07 Å². The zero-order chi connectivity index (χ0) is 16.3. The third-order valence-electron chi connectivity index (χ3n) is 4.73. The van der Waals surface area contributed by atoms with Gasteiger partial charge in [0.25, 0.3) is 0 Å². The minimum Gasteiger partial charge on any atom is -0.363 e. The summed E-state index contributed by atoms with van der Waals surface area (Å²) in [6, 6.07) is 21.4. The summed E-state index contributed by atoms with van der Waals surface area (Å²) in [5, 5.41) is 0. The maximum absolute atomic E-state index is 6.25. The number of rotatable bonds is 2. The van der Waals surface area contributed by atoms with Crippen LogP contribution in [0.2, 0.25) is 4.34 Å². The van der Waals surface area contributed by atoms with Gasteiger partial charge < -0.3 is 4.74 Å². The first-order valence-corrected chi connectivity index (χ1v) is 9.69. The number of methoxy groups -OCH3 is 1. The van der Waals surface area contributed by atoms with Crippen LogP contribution in [0.3, 0.4) is 0 Å². The zero-order valence-electron chi connectivity index (χ0n) is 12.9. The monoisotopic (exact) mass is 368 g/mol. The van der Waals surface area contributed by atoms with Crippen LogP contribution in [0, 0.1) is 0 Å². The number of ether oxygens (including phenoxy) is 1. The molecule has 118 valence electrons. The third-order valence-corrected chi connectivity index (χ3v) is 7.26. The molecule has 0 amide bonds. The van der Waals surface area contributed by atoms with Crippen molar-refractivity contribution in [2.75, 3.05) is 7.11 Å². The zero-order valence-corrected chi connectivity index (χ0v) is 15.3. The van der Waals surface area contributed by atoms with Crippen LogP contribution in [-0.4, -0.2) is 7.11 Å². The first-order valence-electron chi connectivity index (χ1n) is 7.68. The van der Waals surface area contributed by atoms with Crippen molar-refractivity contribution in [2.45, 2.75) is 5.60 Å². The van der Waals surface area contributed by atoms with Crippen LogP contribution < -0.4 is 0 Å². The molecular weight excluding hydrogens is 356 g/mol. The number of hydrogen-bond donors (Lipinski definition) is 0. The highest BCUT2D eigenvalue weighted by molar-refractivity contribution is 7.29. The van der Waals surface area contributed by atoms with E-state index in [-0.39, 0.29) is 0 Å². The van der Waals surface area contributed by atoms with Crippen molar-refractivity contribution in [3.63, 3.8) is 0 Å². The summed E-state index contributed by atoms with van der Waals surface area (Å²) in [5.41, 5.74) is 4.40. The number of halogens is 1. The van der Waals surface area contributed by atoms with Crippen LogP contribution in [0.25, 0.3) is 20.5 Å². The van der Waals surface area contributed by atoms with Gasteiger partial charge in [-0.25, -0.2) is 0 Å². The molecule has 2 aromatic heterocycles. The minimum atomic E-state index is -0.539. The normalized spacial score (nSPS) is 14.8. The Morgan fingerprint density at radius 1 is 0.833 bits per heavy atom. The summed E-state index contributed by atoms with van der Waals surface area (Å²) < 4.78 is 9.53. The predicted octanol–water partition coefficient (Wildman–Crippen LogP) is 6.53. The Kier molecular flexibility index (Phi) is 3.16. The average molecular weight is 369 g/mol. The molecular formula is C20H13ClOS2. The van der Waals surface area contributed by atoms with Crippen molar-refractivity contribution in [3.05, 3.63) is 81.0 Å². The molecule has 1 nitrogen and oxygen atoms in total. The number of fused-ring (bicyclic) bond motifs is 4. The maximum Gasteiger partial charge on any atom is 0.153 e. The highest BCUT2D eigenvalue weighted by Crippen LogP contribution is 2.55. The van der Waals surface area contributed by atoms with Gasteiger partial charge in [-0.1, -0.05) is 60.1 Å². The molecule has 0 saturated heterocycles. The van der Waals surface area contributed by atoms with Gasteiger partial charge in [0.2, 0.25) is 0 Å².